The van der Waals surface area contributed by atoms with Gasteiger partial charge >= 0.3 is 5.97 Å². The molecule has 6 atom stereocenters. The van der Waals surface area contributed by atoms with E-state index in [0.29, 0.717) is 11.6 Å². The lowest BCUT2D eigenvalue weighted by atomic mass is 9.79. The smallest absolute Gasteiger partial charge is 0.310 e. The standard InChI is InChI=1S/C13H13BrN2O4/c1-4-2-7(16-20-4)15-12(17)8-5-3-6-9(8)13(18)19-11(6)10(5)14/h2,5-6,8-11H,3H2,1H3,(H,15,16,17). The average molecular weight is 341 g/mol. The number of nitrogens with zero attached hydrogens (tertiary/aromatic N) is 1. The first kappa shape index (κ1) is 12.4. The molecule has 1 amide bonds. The van der Waals surface area contributed by atoms with Gasteiger partial charge in [-0.3, -0.25) is 9.59 Å². The molecule has 2 heterocycles. The first-order valence-corrected chi connectivity index (χ1v) is 7.56. The molecule has 0 spiro atoms. The minimum Gasteiger partial charge on any atom is -0.461 e. The highest BCUT2D eigenvalue weighted by Gasteiger charge is 2.67. The Hall–Kier alpha value is -1.37. The number of fused-ring (bicyclic) bond motifs is 1. The largest absolute Gasteiger partial charge is 0.461 e. The van der Waals surface area contributed by atoms with Crippen molar-refractivity contribution in [3.8, 4) is 0 Å². The van der Waals surface area contributed by atoms with E-state index in [1.54, 1.807) is 13.0 Å². The zero-order chi connectivity index (χ0) is 14.0. The molecule has 6 nitrogen and oxygen atoms in total. The van der Waals surface area contributed by atoms with Gasteiger partial charge in [0.2, 0.25) is 5.91 Å². The Labute approximate surface area is 123 Å². The van der Waals surface area contributed by atoms with Gasteiger partial charge in [-0.05, 0) is 19.3 Å². The number of aromatic nitrogens is 1. The number of ether oxygens (including phenoxy) is 1. The first-order valence-electron chi connectivity index (χ1n) is 6.65. The van der Waals surface area contributed by atoms with Crippen LogP contribution < -0.4 is 5.32 Å². The van der Waals surface area contributed by atoms with Gasteiger partial charge in [0.05, 0.1) is 16.7 Å². The molecule has 1 saturated heterocycles. The van der Waals surface area contributed by atoms with Gasteiger partial charge in [-0.1, -0.05) is 21.1 Å². The third-order valence-electron chi connectivity index (χ3n) is 4.71. The van der Waals surface area contributed by atoms with Gasteiger partial charge < -0.3 is 14.6 Å². The maximum atomic E-state index is 12.5. The molecule has 1 N–H and O–H groups in total. The summed E-state index contributed by atoms with van der Waals surface area (Å²) in [5.41, 5.74) is 0. The minimum atomic E-state index is -0.340. The van der Waals surface area contributed by atoms with Crippen LogP contribution in [0.15, 0.2) is 10.6 Å². The van der Waals surface area contributed by atoms with E-state index in [9.17, 15) is 9.59 Å². The fourth-order valence-electron chi connectivity index (χ4n) is 3.97. The summed E-state index contributed by atoms with van der Waals surface area (Å²) in [6.45, 7) is 1.76. The van der Waals surface area contributed by atoms with E-state index < -0.39 is 0 Å². The number of anilines is 1. The van der Waals surface area contributed by atoms with Crippen molar-refractivity contribution in [2.45, 2.75) is 24.3 Å². The van der Waals surface area contributed by atoms with Gasteiger partial charge in [0.25, 0.3) is 0 Å². The van der Waals surface area contributed by atoms with Gasteiger partial charge in [0.15, 0.2) is 5.82 Å². The second kappa shape index (κ2) is 4.07. The predicted octanol–water partition coefficient (Wildman–Crippen LogP) is 1.49. The number of hydrogen-bond donors (Lipinski definition) is 1. The quantitative estimate of drug-likeness (QED) is 0.651. The Morgan fingerprint density at radius 2 is 2.30 bits per heavy atom. The molecule has 20 heavy (non-hydrogen) atoms. The summed E-state index contributed by atoms with van der Waals surface area (Å²) >= 11 is 3.58. The van der Waals surface area contributed by atoms with Crippen LogP contribution in [0, 0.1) is 30.6 Å². The van der Waals surface area contributed by atoms with E-state index in [4.69, 9.17) is 9.26 Å². The van der Waals surface area contributed by atoms with Crippen LogP contribution in [0.25, 0.3) is 0 Å². The molecule has 6 unspecified atom stereocenters. The fourth-order valence-corrected chi connectivity index (χ4v) is 5.01. The van der Waals surface area contributed by atoms with Crippen molar-refractivity contribution >= 4 is 33.6 Å². The molecule has 2 bridgehead atoms. The SMILES string of the molecule is Cc1cc(NC(=O)C2C3CC4C(OC(=O)C42)C3Br)no1. The lowest BCUT2D eigenvalue weighted by molar-refractivity contribution is -0.145. The number of halogens is 1. The van der Waals surface area contributed by atoms with E-state index in [0.717, 1.165) is 6.42 Å². The summed E-state index contributed by atoms with van der Waals surface area (Å²) in [5.74, 6) is 0.301. The van der Waals surface area contributed by atoms with Gasteiger partial charge in [-0.2, -0.15) is 0 Å². The lowest BCUT2D eigenvalue weighted by Gasteiger charge is -2.27. The molecule has 7 heteroatoms. The number of hydrogen-bond acceptors (Lipinski definition) is 5. The summed E-state index contributed by atoms with van der Waals surface area (Å²) in [7, 11) is 0. The first-order chi connectivity index (χ1) is 9.56. The van der Waals surface area contributed by atoms with Gasteiger partial charge in [-0.25, -0.2) is 0 Å². The van der Waals surface area contributed by atoms with Crippen molar-refractivity contribution in [2.75, 3.05) is 5.32 Å². The molecule has 1 aliphatic heterocycles. The van der Waals surface area contributed by atoms with Crippen molar-refractivity contribution in [2.24, 2.45) is 23.7 Å². The number of carbonyl (C=O) groups excluding carboxylic acids is 2. The summed E-state index contributed by atoms with van der Waals surface area (Å²) in [5, 5.41) is 6.49. The van der Waals surface area contributed by atoms with Crippen LogP contribution in [0.5, 0.6) is 0 Å². The number of alkyl halides is 1. The molecule has 2 aliphatic carbocycles. The second-order valence-corrected chi connectivity index (χ2v) is 6.83. The normalized spacial score (nSPS) is 41.0. The molecule has 4 rings (SSSR count). The van der Waals surface area contributed by atoms with Crippen LogP contribution >= 0.6 is 15.9 Å². The van der Waals surface area contributed by atoms with E-state index >= 15 is 0 Å². The maximum Gasteiger partial charge on any atom is 0.310 e. The molecular formula is C13H13BrN2O4. The number of carbonyl (C=O) groups is 2. The van der Waals surface area contributed by atoms with Crippen LogP contribution in [0.1, 0.15) is 12.2 Å². The van der Waals surface area contributed by atoms with E-state index in [1.807, 2.05) is 0 Å². The number of aryl methyl sites for hydroxylation is 1. The van der Waals surface area contributed by atoms with Crippen LogP contribution in [-0.2, 0) is 14.3 Å². The van der Waals surface area contributed by atoms with Gasteiger partial charge in [0, 0.05) is 12.0 Å². The van der Waals surface area contributed by atoms with Gasteiger partial charge in [-0.15, -0.1) is 0 Å². The van der Waals surface area contributed by atoms with Crippen molar-refractivity contribution in [1.82, 2.24) is 5.16 Å². The molecule has 3 fully saturated rings. The Bertz CT molecular complexity index is 601. The second-order valence-electron chi connectivity index (χ2n) is 5.77. The highest BCUT2D eigenvalue weighted by atomic mass is 79.9. The number of esters is 1. The van der Waals surface area contributed by atoms with E-state index in [1.165, 1.54) is 0 Å². The zero-order valence-electron chi connectivity index (χ0n) is 10.7. The Morgan fingerprint density at radius 3 is 3.00 bits per heavy atom. The Balaban J connectivity index is 1.59. The van der Waals surface area contributed by atoms with Crippen LogP contribution in [0.2, 0.25) is 0 Å². The number of rotatable bonds is 2. The van der Waals surface area contributed by atoms with E-state index in [2.05, 4.69) is 26.4 Å². The monoisotopic (exact) mass is 340 g/mol. The lowest BCUT2D eigenvalue weighted by Crippen LogP contribution is -2.40. The molecule has 106 valence electrons. The van der Waals surface area contributed by atoms with Crippen LogP contribution in [0.3, 0.4) is 0 Å². The summed E-state index contributed by atoms with van der Waals surface area (Å²) in [6.07, 6.45) is 0.809. The van der Waals surface area contributed by atoms with Crippen molar-refractivity contribution < 1.29 is 18.8 Å². The summed E-state index contributed by atoms with van der Waals surface area (Å²) in [4.78, 5) is 24.5. The number of nitrogens with one attached hydrogen (secondary N) is 1. The molecule has 1 aromatic rings. The zero-order valence-corrected chi connectivity index (χ0v) is 12.3. The third-order valence-corrected chi connectivity index (χ3v) is 5.91. The highest BCUT2D eigenvalue weighted by molar-refractivity contribution is 9.09. The van der Waals surface area contributed by atoms with Crippen LogP contribution in [-0.4, -0.2) is 28.0 Å². The molecule has 0 radical (unpaired) electrons. The topological polar surface area (TPSA) is 81.4 Å². The van der Waals surface area contributed by atoms with E-state index in [-0.39, 0.29) is 46.5 Å². The predicted molar refractivity (Wildman–Crippen MR) is 71.0 cm³/mol. The molecule has 0 aromatic carbocycles. The maximum absolute atomic E-state index is 12.5. The van der Waals surface area contributed by atoms with Crippen molar-refractivity contribution in [1.29, 1.82) is 0 Å². The number of amides is 1. The third kappa shape index (κ3) is 1.52. The molecule has 3 aliphatic rings. The van der Waals surface area contributed by atoms with Crippen molar-refractivity contribution in [3.63, 3.8) is 0 Å². The van der Waals surface area contributed by atoms with Crippen molar-refractivity contribution in [3.05, 3.63) is 11.8 Å². The average Bonchev–Trinajstić information content (AvgIpc) is 3.08. The summed E-state index contributed by atoms with van der Waals surface area (Å²) < 4.78 is 10.3. The molecule has 2 saturated carbocycles. The molecule has 1 aromatic heterocycles. The van der Waals surface area contributed by atoms with Crippen LogP contribution in [0.4, 0.5) is 5.82 Å². The minimum absolute atomic E-state index is 0.0594. The molecular weight excluding hydrogens is 328 g/mol. The highest BCUT2D eigenvalue weighted by Crippen LogP contribution is 2.59. The Morgan fingerprint density at radius 1 is 1.50 bits per heavy atom. The fraction of sp³-hybridized carbons (Fsp3) is 0.615. The summed E-state index contributed by atoms with van der Waals surface area (Å²) in [6, 6.07) is 1.66. The van der Waals surface area contributed by atoms with Gasteiger partial charge in [0.1, 0.15) is 11.9 Å². The Kier molecular flexibility index (Phi) is 2.52.